The highest BCUT2D eigenvalue weighted by molar-refractivity contribution is 5.81. The van der Waals surface area contributed by atoms with Gasteiger partial charge in [-0.3, -0.25) is 19.1 Å². The molecule has 1 fully saturated rings. The molecule has 2 heterocycles. The lowest BCUT2D eigenvalue weighted by Crippen LogP contribution is -2.41. The highest BCUT2D eigenvalue weighted by Gasteiger charge is 2.48. The number of carbonyl (C=O) groups is 1. The quantitative estimate of drug-likeness (QED) is 0.0950. The Morgan fingerprint density at radius 3 is 2.04 bits per heavy atom. The molecule has 0 radical (unpaired) electrons. The van der Waals surface area contributed by atoms with Crippen LogP contribution in [0.15, 0.2) is 101 Å². The van der Waals surface area contributed by atoms with E-state index in [4.69, 9.17) is 28.4 Å². The Morgan fingerprint density at radius 1 is 0.902 bits per heavy atom. The molecule has 5 rings (SSSR count). The largest absolute Gasteiger partial charge is 0.497 e. The molecule has 51 heavy (non-hydrogen) atoms. The minimum absolute atomic E-state index is 0.257. The van der Waals surface area contributed by atoms with Crippen LogP contribution in [0.2, 0.25) is 0 Å². The number of rotatable bonds is 15. The Hall–Kier alpha value is -5.00. The van der Waals surface area contributed by atoms with Gasteiger partial charge in [-0.05, 0) is 41.0 Å². The minimum Gasteiger partial charge on any atom is -0.497 e. The number of aromatic nitrogens is 2. The predicted octanol–water partition coefficient (Wildman–Crippen LogP) is 2.86. The van der Waals surface area contributed by atoms with Gasteiger partial charge in [0.15, 0.2) is 6.23 Å². The lowest BCUT2D eigenvalue weighted by molar-refractivity contribution is -0.174. The zero-order valence-electron chi connectivity index (χ0n) is 27.5. The monoisotopic (exact) mass is 715 g/mol. The maximum absolute atomic E-state index is 12.8. The van der Waals surface area contributed by atoms with E-state index in [1.54, 1.807) is 43.8 Å². The molecule has 4 atom stereocenters. The maximum Gasteiger partial charge on any atom is 0.471 e. The molecular weight excluding hydrogens is 679 g/mol. The summed E-state index contributed by atoms with van der Waals surface area (Å²) >= 11 is 0. The Labute approximate surface area is 289 Å². The molecule has 0 bridgehead atoms. The van der Waals surface area contributed by atoms with Gasteiger partial charge in [0, 0.05) is 18.8 Å². The fourth-order valence-corrected chi connectivity index (χ4v) is 5.69. The lowest BCUT2D eigenvalue weighted by atomic mass is 9.80. The summed E-state index contributed by atoms with van der Waals surface area (Å²) in [5.74, 6) is -0.893. The molecule has 1 saturated heterocycles. The minimum atomic E-state index is -5.05. The normalized spacial score (nSPS) is 19.1. The number of nitrogens with one attached hydrogen (secondary N) is 2. The van der Waals surface area contributed by atoms with Crippen LogP contribution in [0.3, 0.4) is 0 Å². The summed E-state index contributed by atoms with van der Waals surface area (Å²) < 4.78 is 73.2. The number of aromatic amines is 1. The van der Waals surface area contributed by atoms with Crippen LogP contribution in [0.5, 0.6) is 11.5 Å². The van der Waals surface area contributed by atoms with Gasteiger partial charge >= 0.3 is 17.8 Å². The van der Waals surface area contributed by atoms with E-state index in [1.165, 1.54) is 6.20 Å². The van der Waals surface area contributed by atoms with Crippen LogP contribution in [0, 0.1) is 0 Å². The van der Waals surface area contributed by atoms with E-state index in [2.05, 4.69) is 4.98 Å². The molecule has 1 aliphatic heterocycles. The number of aliphatic hydroxyl groups is 1. The van der Waals surface area contributed by atoms with E-state index in [1.807, 2.05) is 54.6 Å². The van der Waals surface area contributed by atoms with Crippen molar-refractivity contribution in [3.8, 4) is 11.5 Å². The van der Waals surface area contributed by atoms with Gasteiger partial charge in [0.05, 0.1) is 27.4 Å². The van der Waals surface area contributed by atoms with Crippen LogP contribution in [-0.2, 0) is 29.3 Å². The third-order valence-corrected chi connectivity index (χ3v) is 8.21. The number of alkyl halides is 3. The van der Waals surface area contributed by atoms with Crippen molar-refractivity contribution in [1.82, 2.24) is 14.9 Å². The van der Waals surface area contributed by atoms with E-state index in [9.17, 15) is 32.7 Å². The van der Waals surface area contributed by atoms with Gasteiger partial charge in [-0.2, -0.15) is 13.2 Å². The lowest BCUT2D eigenvalue weighted by Gasteiger charge is -2.37. The van der Waals surface area contributed by atoms with Gasteiger partial charge < -0.3 is 38.8 Å². The van der Waals surface area contributed by atoms with Crippen molar-refractivity contribution in [2.45, 2.75) is 36.3 Å². The van der Waals surface area contributed by atoms with E-state index >= 15 is 0 Å². The standard InChI is InChI=1S/C35H36F3N3O10/c1-46-25-12-8-23(9-13-25)34(22-6-4-3-5-7-22,24-10-14-26(47-2)15-11-24)50-20-27-29(43)30(31(51-27)41-18-16-28(42)40-33(41)45)49-21-48-19-17-39-32(44)35(36,37)38/h3-16,18,27,29-31,43H,17,19-21H2,1-2H3,(H,39,44)(H,40,42,45)/t27-,29+,30-,31-/m1/s1. The molecule has 1 aromatic heterocycles. The predicted molar refractivity (Wildman–Crippen MR) is 174 cm³/mol. The number of benzene rings is 3. The molecule has 1 amide bonds. The second kappa shape index (κ2) is 16.3. The van der Waals surface area contributed by atoms with E-state index in [0.717, 1.165) is 16.2 Å². The van der Waals surface area contributed by atoms with Crippen LogP contribution < -0.4 is 26.0 Å². The van der Waals surface area contributed by atoms with Crippen LogP contribution in [0.4, 0.5) is 13.2 Å². The van der Waals surface area contributed by atoms with Crippen LogP contribution >= 0.6 is 0 Å². The third kappa shape index (κ3) is 8.49. The SMILES string of the molecule is COc1ccc(C(OC[C@H]2O[C@@H](n3ccc(=O)[nH]c3=O)[C@H](OCOCCNC(=O)C(F)(F)F)[C@H]2O)(c2ccccc2)c2ccc(OC)cc2)cc1. The molecule has 272 valence electrons. The summed E-state index contributed by atoms with van der Waals surface area (Å²) in [5, 5.41) is 13.2. The number of halogens is 3. The van der Waals surface area contributed by atoms with Crippen molar-refractivity contribution >= 4 is 5.91 Å². The van der Waals surface area contributed by atoms with Crippen LogP contribution in [0.1, 0.15) is 22.9 Å². The molecule has 0 saturated carbocycles. The fourth-order valence-electron chi connectivity index (χ4n) is 5.69. The van der Waals surface area contributed by atoms with Gasteiger partial charge in [0.1, 0.15) is 42.2 Å². The van der Waals surface area contributed by atoms with Crippen LogP contribution in [0.25, 0.3) is 0 Å². The molecule has 16 heteroatoms. The summed E-state index contributed by atoms with van der Waals surface area (Å²) in [6.07, 6.45) is -9.00. The molecular formula is C35H36F3N3O10. The van der Waals surface area contributed by atoms with E-state index in [-0.39, 0.29) is 13.2 Å². The third-order valence-electron chi connectivity index (χ3n) is 8.21. The first-order chi connectivity index (χ1) is 24.5. The topological polar surface area (TPSA) is 160 Å². The average molecular weight is 716 g/mol. The number of ether oxygens (including phenoxy) is 6. The Bertz CT molecular complexity index is 1800. The summed E-state index contributed by atoms with van der Waals surface area (Å²) in [6.45, 7) is -1.64. The van der Waals surface area contributed by atoms with Gasteiger partial charge in [-0.25, -0.2) is 4.79 Å². The molecule has 3 N–H and O–H groups in total. The molecule has 0 aliphatic carbocycles. The second-order valence-corrected chi connectivity index (χ2v) is 11.3. The summed E-state index contributed by atoms with van der Waals surface area (Å²) in [7, 11) is 3.11. The summed E-state index contributed by atoms with van der Waals surface area (Å²) in [6, 6.07) is 25.0. The number of amides is 1. The maximum atomic E-state index is 12.8. The number of hydrogen-bond acceptors (Lipinski definition) is 10. The number of hydrogen-bond donors (Lipinski definition) is 3. The van der Waals surface area contributed by atoms with Crippen molar-refractivity contribution in [1.29, 1.82) is 0 Å². The Morgan fingerprint density at radius 2 is 1.49 bits per heavy atom. The molecule has 1 aliphatic rings. The van der Waals surface area contributed by atoms with Gasteiger partial charge in [0.2, 0.25) is 0 Å². The number of methoxy groups -OCH3 is 2. The van der Waals surface area contributed by atoms with Gasteiger partial charge in [-0.15, -0.1) is 0 Å². The van der Waals surface area contributed by atoms with Gasteiger partial charge in [-0.1, -0.05) is 54.6 Å². The first kappa shape index (κ1) is 37.3. The fraction of sp³-hybridized carbons (Fsp3) is 0.343. The molecule has 0 unspecified atom stereocenters. The highest BCUT2D eigenvalue weighted by Crippen LogP contribution is 2.43. The first-order valence-corrected chi connectivity index (χ1v) is 15.7. The molecule has 0 spiro atoms. The average Bonchev–Trinajstić information content (AvgIpc) is 3.44. The van der Waals surface area contributed by atoms with E-state index < -0.39 is 66.8 Å². The first-order valence-electron chi connectivity index (χ1n) is 15.7. The Kier molecular flexibility index (Phi) is 11.9. The molecule has 4 aromatic rings. The summed E-state index contributed by atoms with van der Waals surface area (Å²) in [4.78, 5) is 37.8. The number of nitrogens with zero attached hydrogens (tertiary/aromatic N) is 1. The zero-order valence-corrected chi connectivity index (χ0v) is 27.5. The zero-order chi connectivity index (χ0) is 36.6. The smallest absolute Gasteiger partial charge is 0.471 e. The Balaban J connectivity index is 1.44. The number of H-pyrrole nitrogens is 1. The van der Waals surface area contributed by atoms with Crippen LogP contribution in [-0.4, -0.2) is 85.8 Å². The van der Waals surface area contributed by atoms with E-state index in [0.29, 0.717) is 22.6 Å². The van der Waals surface area contributed by atoms with Crippen molar-refractivity contribution in [3.05, 3.63) is 129 Å². The van der Waals surface area contributed by atoms with Crippen molar-refractivity contribution in [2.75, 3.05) is 40.8 Å². The number of aliphatic hydroxyl groups excluding tert-OH is 1. The number of carbonyl (C=O) groups excluding carboxylic acids is 1. The molecule has 13 nitrogen and oxygen atoms in total. The van der Waals surface area contributed by atoms with Gasteiger partial charge in [0.25, 0.3) is 5.56 Å². The molecule has 3 aromatic carbocycles. The highest BCUT2D eigenvalue weighted by atomic mass is 19.4. The van der Waals surface area contributed by atoms with Crippen molar-refractivity contribution in [2.24, 2.45) is 0 Å². The second-order valence-electron chi connectivity index (χ2n) is 11.3. The van der Waals surface area contributed by atoms with Crippen molar-refractivity contribution in [3.63, 3.8) is 0 Å². The summed E-state index contributed by atoms with van der Waals surface area (Å²) in [5.41, 5.74) is -0.640. The van der Waals surface area contributed by atoms with Crippen molar-refractivity contribution < 1.29 is 51.5 Å².